The van der Waals surface area contributed by atoms with Crippen LogP contribution < -0.4 is 5.32 Å². The van der Waals surface area contributed by atoms with E-state index < -0.39 is 35.9 Å². The minimum Gasteiger partial charge on any atom is -0.380 e. The van der Waals surface area contributed by atoms with Gasteiger partial charge in [0, 0.05) is 17.8 Å². The Morgan fingerprint density at radius 3 is 2.66 bits per heavy atom. The number of quaternary nitrogens is 1. The van der Waals surface area contributed by atoms with Gasteiger partial charge in [-0.3, -0.25) is 10.1 Å². The van der Waals surface area contributed by atoms with E-state index in [0.29, 0.717) is 18.5 Å². The van der Waals surface area contributed by atoms with Gasteiger partial charge in [-0.2, -0.15) is 0 Å². The first-order valence-electron chi connectivity index (χ1n) is 10.3. The molecule has 1 aliphatic rings. The lowest BCUT2D eigenvalue weighted by Gasteiger charge is -2.28. The van der Waals surface area contributed by atoms with Crippen LogP contribution in [-0.4, -0.2) is 45.7 Å². The average molecular weight is 456 g/mol. The number of aliphatic hydroxyl groups is 2. The number of halogens is 1. The van der Waals surface area contributed by atoms with Gasteiger partial charge in [0.25, 0.3) is 5.91 Å². The molecule has 4 rings (SSSR count). The highest BCUT2D eigenvalue weighted by atomic mass is 32.1. The number of thiophene rings is 1. The number of hydrogen-bond acceptors (Lipinski definition) is 5. The van der Waals surface area contributed by atoms with Crippen molar-refractivity contribution in [2.75, 3.05) is 6.54 Å². The number of fused-ring (bicyclic) bond motifs is 1. The molecule has 0 aliphatic carbocycles. The van der Waals surface area contributed by atoms with Crippen LogP contribution in [0.2, 0.25) is 0 Å². The number of nitrogens with zero attached hydrogens (tertiary/aromatic N) is 1. The molecule has 0 bridgehead atoms. The number of benzene rings is 2. The van der Waals surface area contributed by atoms with Gasteiger partial charge in [0.1, 0.15) is 5.82 Å². The van der Waals surface area contributed by atoms with Crippen molar-refractivity contribution in [3.63, 3.8) is 0 Å². The summed E-state index contributed by atoms with van der Waals surface area (Å²) in [5, 5.41) is 24.2. The summed E-state index contributed by atoms with van der Waals surface area (Å²) >= 11 is 1.57. The molecule has 166 valence electrons. The van der Waals surface area contributed by atoms with Crippen LogP contribution >= 0.6 is 11.3 Å². The molecule has 1 aromatic heterocycles. The molecule has 4 N–H and O–H groups in total. The third-order valence-electron chi connectivity index (χ3n) is 5.61. The standard InChI is InChI=1S/C24H23FN2O4S/c25-17-7-3-6-15(13-17)20-19-9-2-1-5-16(19)14-27(20)24(31)22(29)21(28)23(30)26-11-10-18-8-4-12-32-18/h1-9,12-13,20-22,28-29H,10-11,14H2,(H,26,30)/p+1/t20?,21-,22-/m1/s1. The van der Waals surface area contributed by atoms with E-state index >= 15 is 0 Å². The predicted octanol–water partition coefficient (Wildman–Crippen LogP) is 1.37. The highest BCUT2D eigenvalue weighted by molar-refractivity contribution is 7.09. The van der Waals surface area contributed by atoms with E-state index in [-0.39, 0.29) is 6.54 Å². The van der Waals surface area contributed by atoms with Gasteiger partial charge in [-0.15, -0.1) is 11.3 Å². The summed E-state index contributed by atoms with van der Waals surface area (Å²) < 4.78 is 13.9. The third-order valence-corrected chi connectivity index (χ3v) is 6.55. The number of rotatable bonds is 7. The van der Waals surface area contributed by atoms with Crippen molar-refractivity contribution in [3.05, 3.63) is 93.4 Å². The third kappa shape index (κ3) is 4.63. The van der Waals surface area contributed by atoms with Crippen LogP contribution in [0, 0.1) is 5.82 Å². The van der Waals surface area contributed by atoms with Crippen LogP contribution in [-0.2, 0) is 22.6 Å². The number of amides is 2. The van der Waals surface area contributed by atoms with Gasteiger partial charge < -0.3 is 15.1 Å². The zero-order valence-corrected chi connectivity index (χ0v) is 18.0. The van der Waals surface area contributed by atoms with E-state index in [4.69, 9.17) is 0 Å². The summed E-state index contributed by atoms with van der Waals surface area (Å²) in [6.45, 7) is 0.592. The molecule has 32 heavy (non-hydrogen) atoms. The van der Waals surface area contributed by atoms with Crippen LogP contribution in [0.25, 0.3) is 0 Å². The number of carbonyl (C=O) groups excluding carboxylic acids is 2. The van der Waals surface area contributed by atoms with Crippen LogP contribution in [0.15, 0.2) is 66.0 Å². The van der Waals surface area contributed by atoms with Crippen LogP contribution in [0.4, 0.5) is 4.39 Å². The van der Waals surface area contributed by atoms with Crippen molar-refractivity contribution in [2.45, 2.75) is 31.2 Å². The van der Waals surface area contributed by atoms with Gasteiger partial charge in [-0.25, -0.2) is 9.18 Å². The minimum absolute atomic E-state index is 0.191. The Kier molecular flexibility index (Phi) is 6.76. The summed E-state index contributed by atoms with van der Waals surface area (Å²) in [6, 6.07) is 16.6. The molecular weight excluding hydrogens is 431 g/mol. The van der Waals surface area contributed by atoms with E-state index in [9.17, 15) is 24.2 Å². The van der Waals surface area contributed by atoms with E-state index in [1.807, 2.05) is 41.8 Å². The van der Waals surface area contributed by atoms with Gasteiger partial charge in [-0.1, -0.05) is 42.5 Å². The first-order valence-corrected chi connectivity index (χ1v) is 11.2. The van der Waals surface area contributed by atoms with E-state index in [1.165, 1.54) is 22.3 Å². The second-order valence-corrected chi connectivity index (χ2v) is 8.77. The summed E-state index contributed by atoms with van der Waals surface area (Å²) in [5.74, 6) is -1.90. The summed E-state index contributed by atoms with van der Waals surface area (Å²) in [4.78, 5) is 28.0. The normalized spacial score (nSPS) is 17.1. The van der Waals surface area contributed by atoms with Crippen molar-refractivity contribution in [1.82, 2.24) is 4.90 Å². The second kappa shape index (κ2) is 9.70. The van der Waals surface area contributed by atoms with Crippen molar-refractivity contribution in [2.24, 2.45) is 0 Å². The average Bonchev–Trinajstić information content (AvgIpc) is 3.45. The molecule has 2 heterocycles. The minimum atomic E-state index is -1.91. The molecule has 2 aromatic carbocycles. The van der Waals surface area contributed by atoms with Crippen LogP contribution in [0.5, 0.6) is 0 Å². The Morgan fingerprint density at radius 1 is 1.09 bits per heavy atom. The van der Waals surface area contributed by atoms with Gasteiger partial charge in [0.15, 0.2) is 6.10 Å². The zero-order valence-electron chi connectivity index (χ0n) is 17.2. The first kappa shape index (κ1) is 22.3. The Bertz CT molecular complexity index is 1100. The van der Waals surface area contributed by atoms with E-state index in [2.05, 4.69) is 0 Å². The maximum Gasteiger partial charge on any atom is 0.342 e. The highest BCUT2D eigenvalue weighted by Crippen LogP contribution is 2.39. The highest BCUT2D eigenvalue weighted by Gasteiger charge is 2.41. The number of hydrogen-bond donors (Lipinski definition) is 3. The quantitative estimate of drug-likeness (QED) is 0.502. The Balaban J connectivity index is 1.48. The molecule has 0 saturated heterocycles. The number of primary amides is 1. The fourth-order valence-corrected chi connectivity index (χ4v) is 4.75. The molecule has 0 saturated carbocycles. The summed E-state index contributed by atoms with van der Waals surface area (Å²) in [5.41, 5.74) is 2.24. The van der Waals surface area contributed by atoms with Gasteiger partial charge in [0.2, 0.25) is 6.10 Å². The second-order valence-electron chi connectivity index (χ2n) is 7.74. The zero-order chi connectivity index (χ0) is 22.7. The van der Waals surface area contributed by atoms with Gasteiger partial charge >= 0.3 is 5.91 Å². The molecule has 3 atom stereocenters. The van der Waals surface area contributed by atoms with E-state index in [1.54, 1.807) is 23.5 Å². The molecule has 8 heteroatoms. The Hall–Kier alpha value is -2.91. The fraction of sp³-hybridized carbons (Fsp3) is 0.250. The van der Waals surface area contributed by atoms with Crippen molar-refractivity contribution >= 4 is 23.2 Å². The molecule has 3 aromatic rings. The van der Waals surface area contributed by atoms with Crippen molar-refractivity contribution < 1.29 is 29.5 Å². The molecule has 1 aliphatic heterocycles. The van der Waals surface area contributed by atoms with Crippen molar-refractivity contribution in [3.8, 4) is 0 Å². The fourth-order valence-electron chi connectivity index (χ4n) is 4.02. The van der Waals surface area contributed by atoms with Crippen LogP contribution in [0.1, 0.15) is 27.6 Å². The van der Waals surface area contributed by atoms with Crippen molar-refractivity contribution in [1.29, 1.82) is 0 Å². The molecule has 2 amide bonds. The number of nitrogens with two attached hydrogens (primary N) is 1. The molecule has 0 spiro atoms. The Labute approximate surface area is 188 Å². The van der Waals surface area contributed by atoms with Gasteiger partial charge in [-0.05, 0) is 40.3 Å². The number of carbonyl (C=O) groups is 2. The van der Waals surface area contributed by atoms with Gasteiger partial charge in [0.05, 0.1) is 12.6 Å². The first-order chi connectivity index (χ1) is 15.5. The SMILES string of the molecule is O=C([NH2+]CCc1cccs1)[C@H](O)[C@@H](O)C(=O)N1Cc2ccccc2C1c1cccc(F)c1. The maximum atomic E-state index is 13.9. The molecule has 1 unspecified atom stereocenters. The lowest BCUT2D eigenvalue weighted by atomic mass is 9.97. The molecule has 0 radical (unpaired) electrons. The largest absolute Gasteiger partial charge is 0.380 e. The van der Waals surface area contributed by atoms with E-state index in [0.717, 1.165) is 16.0 Å². The summed E-state index contributed by atoms with van der Waals surface area (Å²) in [7, 11) is 0. The molecule has 6 nitrogen and oxygen atoms in total. The lowest BCUT2D eigenvalue weighted by molar-refractivity contribution is -0.572. The summed E-state index contributed by atoms with van der Waals surface area (Å²) in [6.07, 6.45) is -3.13. The monoisotopic (exact) mass is 455 g/mol. The smallest absolute Gasteiger partial charge is 0.342 e. The van der Waals surface area contributed by atoms with Crippen LogP contribution in [0.3, 0.4) is 0 Å². The number of aliphatic hydroxyl groups excluding tert-OH is 2. The predicted molar refractivity (Wildman–Crippen MR) is 117 cm³/mol. The molecule has 0 fully saturated rings. The lowest BCUT2D eigenvalue weighted by Crippen LogP contribution is -2.91. The molecular formula is C24H24FN2O4S+. The maximum absolute atomic E-state index is 13.9. The topological polar surface area (TPSA) is 94.5 Å². The Morgan fingerprint density at radius 2 is 1.91 bits per heavy atom.